The van der Waals surface area contributed by atoms with E-state index in [1.807, 2.05) is 0 Å². The molecule has 0 saturated carbocycles. The molecule has 3 nitrogen and oxygen atoms in total. The summed E-state index contributed by atoms with van der Waals surface area (Å²) in [6.07, 6.45) is -9.76. The standard InChI is InChI=1S/C32H16F10O3/c33-24-15-19(30-43-10-1-11-44-30)5-4-18(24)3-2-17-12-26(35)28(27(36)13-17)32(41,42)45-21-6-7-22-20(14-21)16-25(34)23(29(22)37)8-9-31(38,39)40/h4-7,12-16,30H,1,10-11H2. The molecule has 5 rings (SSSR count). The number of ether oxygens (including phenoxy) is 3. The molecular formula is C32H16F10O3. The van der Waals surface area contributed by atoms with E-state index in [1.54, 1.807) is 0 Å². The van der Waals surface area contributed by atoms with Crippen LogP contribution in [0, 0.1) is 52.8 Å². The Morgan fingerprint density at radius 3 is 2.04 bits per heavy atom. The number of hydrogen-bond acceptors (Lipinski definition) is 3. The molecule has 45 heavy (non-hydrogen) atoms. The van der Waals surface area contributed by atoms with Gasteiger partial charge in [-0.15, -0.1) is 0 Å². The topological polar surface area (TPSA) is 27.7 Å². The van der Waals surface area contributed by atoms with E-state index in [9.17, 15) is 43.9 Å². The van der Waals surface area contributed by atoms with Crippen LogP contribution in [0.2, 0.25) is 0 Å². The minimum absolute atomic E-state index is 0.156. The molecule has 232 valence electrons. The number of rotatable bonds is 4. The van der Waals surface area contributed by atoms with Gasteiger partial charge in [0.2, 0.25) is 0 Å². The molecule has 1 aliphatic rings. The second-order valence-electron chi connectivity index (χ2n) is 9.53. The summed E-state index contributed by atoms with van der Waals surface area (Å²) in [4.78, 5) is 0. The van der Waals surface area contributed by atoms with Gasteiger partial charge in [-0.2, -0.15) is 22.0 Å². The monoisotopic (exact) mass is 638 g/mol. The molecule has 0 unspecified atom stereocenters. The molecule has 1 aliphatic heterocycles. The normalized spacial score (nSPS) is 14.0. The highest BCUT2D eigenvalue weighted by atomic mass is 19.4. The summed E-state index contributed by atoms with van der Waals surface area (Å²) in [7, 11) is 0. The first kappa shape index (κ1) is 31.7. The van der Waals surface area contributed by atoms with Crippen molar-refractivity contribution in [2.75, 3.05) is 13.2 Å². The molecule has 0 bridgehead atoms. The van der Waals surface area contributed by atoms with Crippen LogP contribution in [0.5, 0.6) is 5.75 Å². The number of halogens is 10. The maximum Gasteiger partial charge on any atom is 0.458 e. The summed E-state index contributed by atoms with van der Waals surface area (Å²) in [6, 6.07) is 7.62. The molecule has 0 amide bonds. The zero-order valence-corrected chi connectivity index (χ0v) is 22.4. The Morgan fingerprint density at radius 2 is 1.40 bits per heavy atom. The third-order valence-corrected chi connectivity index (χ3v) is 6.34. The quantitative estimate of drug-likeness (QED) is 0.166. The smallest absolute Gasteiger partial charge is 0.429 e. The average molecular weight is 638 g/mol. The van der Waals surface area contributed by atoms with E-state index in [0.29, 0.717) is 49.5 Å². The number of hydrogen-bond donors (Lipinski definition) is 0. The Hall–Kier alpha value is -4.72. The third-order valence-electron chi connectivity index (χ3n) is 6.34. The van der Waals surface area contributed by atoms with Crippen molar-refractivity contribution in [1.82, 2.24) is 0 Å². The maximum atomic E-state index is 14.9. The molecule has 0 N–H and O–H groups in total. The van der Waals surface area contributed by atoms with Crippen LogP contribution < -0.4 is 4.74 Å². The number of benzene rings is 4. The van der Waals surface area contributed by atoms with Crippen LogP contribution in [0.4, 0.5) is 43.9 Å². The van der Waals surface area contributed by atoms with Crippen LogP contribution in [0.15, 0.2) is 54.6 Å². The van der Waals surface area contributed by atoms with E-state index in [-0.39, 0.29) is 5.56 Å². The zero-order valence-electron chi connectivity index (χ0n) is 22.4. The Kier molecular flexibility index (Phi) is 8.70. The van der Waals surface area contributed by atoms with Gasteiger partial charge in [-0.25, -0.2) is 22.0 Å². The van der Waals surface area contributed by atoms with E-state index in [2.05, 4.69) is 16.6 Å². The molecule has 0 atom stereocenters. The SMILES string of the molecule is Fc1cc(C2OCCCO2)ccc1C#Cc1cc(F)c(C(F)(F)Oc2ccc3c(F)c(C#CC(F)(F)F)c(F)cc3c2)c(F)c1. The zero-order chi connectivity index (χ0) is 32.5. The van der Waals surface area contributed by atoms with Crippen LogP contribution in [-0.2, 0) is 15.6 Å². The largest absolute Gasteiger partial charge is 0.458 e. The lowest BCUT2D eigenvalue weighted by Crippen LogP contribution is -2.25. The third kappa shape index (κ3) is 7.17. The highest BCUT2D eigenvalue weighted by molar-refractivity contribution is 5.86. The van der Waals surface area contributed by atoms with Crippen LogP contribution in [0.3, 0.4) is 0 Å². The molecule has 0 radical (unpaired) electrons. The van der Waals surface area contributed by atoms with Gasteiger partial charge >= 0.3 is 12.3 Å². The molecule has 1 fully saturated rings. The van der Waals surface area contributed by atoms with Crippen molar-refractivity contribution in [2.24, 2.45) is 0 Å². The van der Waals surface area contributed by atoms with Gasteiger partial charge in [0.25, 0.3) is 0 Å². The molecule has 1 heterocycles. The van der Waals surface area contributed by atoms with Gasteiger partial charge in [-0.05, 0) is 60.3 Å². The van der Waals surface area contributed by atoms with E-state index in [1.165, 1.54) is 18.1 Å². The first-order valence-corrected chi connectivity index (χ1v) is 12.8. The van der Waals surface area contributed by atoms with E-state index >= 15 is 0 Å². The lowest BCUT2D eigenvalue weighted by atomic mass is 10.0. The lowest BCUT2D eigenvalue weighted by molar-refractivity contribution is -0.189. The molecule has 4 aromatic carbocycles. The van der Waals surface area contributed by atoms with Gasteiger partial charge in [0.15, 0.2) is 6.29 Å². The second kappa shape index (κ2) is 12.3. The molecule has 0 aliphatic carbocycles. The Bertz CT molecular complexity index is 1880. The fourth-order valence-corrected chi connectivity index (χ4v) is 4.34. The van der Waals surface area contributed by atoms with E-state index in [0.717, 1.165) is 24.1 Å². The van der Waals surface area contributed by atoms with Crippen molar-refractivity contribution in [2.45, 2.75) is 25.0 Å². The molecule has 0 spiro atoms. The summed E-state index contributed by atoms with van der Waals surface area (Å²) < 4.78 is 155. The molecule has 13 heteroatoms. The number of fused-ring (bicyclic) bond motifs is 1. The molecular weight excluding hydrogens is 622 g/mol. The molecule has 1 saturated heterocycles. The fraction of sp³-hybridized carbons (Fsp3) is 0.188. The first-order valence-electron chi connectivity index (χ1n) is 12.8. The summed E-state index contributed by atoms with van der Waals surface area (Å²) in [5.41, 5.74) is -3.19. The summed E-state index contributed by atoms with van der Waals surface area (Å²) in [5, 5.41) is -0.901. The summed E-state index contributed by atoms with van der Waals surface area (Å²) >= 11 is 0. The second-order valence-corrected chi connectivity index (χ2v) is 9.53. The minimum Gasteiger partial charge on any atom is -0.429 e. The van der Waals surface area contributed by atoms with Crippen molar-refractivity contribution < 1.29 is 58.1 Å². The predicted molar refractivity (Wildman–Crippen MR) is 139 cm³/mol. The highest BCUT2D eigenvalue weighted by Crippen LogP contribution is 2.37. The summed E-state index contributed by atoms with van der Waals surface area (Å²) in [6.45, 7) is 0.863. The van der Waals surface area contributed by atoms with Gasteiger partial charge in [0.05, 0.1) is 24.3 Å². The predicted octanol–water partition coefficient (Wildman–Crippen LogP) is 8.41. The van der Waals surface area contributed by atoms with Crippen LogP contribution >= 0.6 is 0 Å². The Labute approximate surface area is 248 Å². The van der Waals surface area contributed by atoms with Crippen molar-refractivity contribution in [1.29, 1.82) is 0 Å². The van der Waals surface area contributed by atoms with Gasteiger partial charge in [0, 0.05) is 22.4 Å². The highest BCUT2D eigenvalue weighted by Gasteiger charge is 2.41. The van der Waals surface area contributed by atoms with Crippen LogP contribution in [-0.4, -0.2) is 19.4 Å². The van der Waals surface area contributed by atoms with Crippen molar-refractivity contribution in [3.8, 4) is 29.4 Å². The van der Waals surface area contributed by atoms with E-state index < -0.39 is 80.9 Å². The first-order chi connectivity index (χ1) is 21.2. The lowest BCUT2D eigenvalue weighted by Gasteiger charge is -2.23. The molecule has 4 aromatic rings. The summed E-state index contributed by atoms with van der Waals surface area (Å²) in [5.74, 6) is -1.35. The number of alkyl halides is 5. The fourth-order valence-electron chi connectivity index (χ4n) is 4.34. The van der Waals surface area contributed by atoms with Gasteiger partial charge < -0.3 is 14.2 Å². The average Bonchev–Trinajstić information content (AvgIpc) is 2.95. The van der Waals surface area contributed by atoms with Crippen molar-refractivity contribution in [3.63, 3.8) is 0 Å². The Morgan fingerprint density at radius 1 is 0.711 bits per heavy atom. The van der Waals surface area contributed by atoms with E-state index in [4.69, 9.17) is 9.47 Å². The maximum absolute atomic E-state index is 14.9. The van der Waals surface area contributed by atoms with Gasteiger partial charge in [0.1, 0.15) is 40.4 Å². The van der Waals surface area contributed by atoms with Gasteiger partial charge in [-0.1, -0.05) is 23.8 Å². The minimum atomic E-state index is -5.03. The van der Waals surface area contributed by atoms with Crippen molar-refractivity contribution >= 4 is 10.8 Å². The molecule has 0 aromatic heterocycles. The van der Waals surface area contributed by atoms with Gasteiger partial charge in [-0.3, -0.25) is 0 Å². The van der Waals surface area contributed by atoms with Crippen LogP contribution in [0.25, 0.3) is 10.8 Å². The Balaban J connectivity index is 1.38. The van der Waals surface area contributed by atoms with Crippen LogP contribution in [0.1, 0.15) is 40.5 Å². The van der Waals surface area contributed by atoms with Crippen molar-refractivity contribution in [3.05, 3.63) is 112 Å².